The number of piperidine rings is 2. The number of nitrogens with one attached hydrogen (secondary N) is 2. The minimum atomic E-state index is 0.0556. The molecule has 0 radical (unpaired) electrons. The molecule has 1 aromatic carbocycles. The van der Waals surface area contributed by atoms with Crippen LogP contribution in [0.15, 0.2) is 30.3 Å². The summed E-state index contributed by atoms with van der Waals surface area (Å²) in [5.41, 5.74) is 1.20. The highest BCUT2D eigenvalue weighted by molar-refractivity contribution is 5.80. The zero-order valence-electron chi connectivity index (χ0n) is 14.9. The first-order valence-corrected chi connectivity index (χ1v) is 9.55. The molecule has 1 atom stereocenters. The second-order valence-electron chi connectivity index (χ2n) is 7.19. The van der Waals surface area contributed by atoms with Gasteiger partial charge in [0.15, 0.2) is 0 Å². The van der Waals surface area contributed by atoms with Crippen LogP contribution in [0.1, 0.15) is 37.7 Å². The minimum absolute atomic E-state index is 0.0556. The lowest BCUT2D eigenvalue weighted by molar-refractivity contribution is -0.135. The number of hydrogen-bond donors (Lipinski definition) is 2. The van der Waals surface area contributed by atoms with Gasteiger partial charge in [0.2, 0.25) is 11.8 Å². The van der Waals surface area contributed by atoms with Crippen molar-refractivity contribution in [1.29, 1.82) is 0 Å². The van der Waals surface area contributed by atoms with Crippen LogP contribution in [0.25, 0.3) is 0 Å². The molecule has 136 valence electrons. The molecule has 2 amide bonds. The first-order chi connectivity index (χ1) is 12.2. The van der Waals surface area contributed by atoms with Gasteiger partial charge in [0, 0.05) is 38.0 Å². The van der Waals surface area contributed by atoms with E-state index in [1.807, 2.05) is 23.1 Å². The van der Waals surface area contributed by atoms with Gasteiger partial charge >= 0.3 is 0 Å². The molecule has 2 aliphatic heterocycles. The van der Waals surface area contributed by atoms with Gasteiger partial charge in [0.1, 0.15) is 0 Å². The van der Waals surface area contributed by atoms with Crippen LogP contribution in [-0.4, -0.2) is 48.9 Å². The Labute approximate surface area is 150 Å². The number of likely N-dealkylation sites (tertiary alicyclic amines) is 1. The van der Waals surface area contributed by atoms with Gasteiger partial charge in [-0.25, -0.2) is 0 Å². The highest BCUT2D eigenvalue weighted by Crippen LogP contribution is 2.19. The fourth-order valence-electron chi connectivity index (χ4n) is 3.74. The van der Waals surface area contributed by atoms with Crippen LogP contribution in [0.5, 0.6) is 0 Å². The first-order valence-electron chi connectivity index (χ1n) is 9.55. The SMILES string of the molecule is O=C(NC1CCCNC1)C1CCN(C(=O)CCc2ccccc2)CC1. The highest BCUT2D eigenvalue weighted by Gasteiger charge is 2.28. The van der Waals surface area contributed by atoms with E-state index in [2.05, 4.69) is 22.8 Å². The van der Waals surface area contributed by atoms with Crippen molar-refractivity contribution in [3.05, 3.63) is 35.9 Å². The molecule has 2 aliphatic rings. The van der Waals surface area contributed by atoms with Gasteiger partial charge in [-0.3, -0.25) is 9.59 Å². The van der Waals surface area contributed by atoms with Crippen LogP contribution in [0.4, 0.5) is 0 Å². The van der Waals surface area contributed by atoms with Gasteiger partial charge in [-0.1, -0.05) is 30.3 Å². The average molecular weight is 343 g/mol. The third kappa shape index (κ3) is 5.30. The summed E-state index contributed by atoms with van der Waals surface area (Å²) in [5.74, 6) is 0.435. The number of carbonyl (C=O) groups excluding carboxylic acids is 2. The molecule has 0 saturated carbocycles. The van der Waals surface area contributed by atoms with E-state index in [0.29, 0.717) is 19.5 Å². The molecule has 0 aliphatic carbocycles. The van der Waals surface area contributed by atoms with Crippen molar-refractivity contribution in [1.82, 2.24) is 15.5 Å². The van der Waals surface area contributed by atoms with Crippen molar-refractivity contribution >= 4 is 11.8 Å². The van der Waals surface area contributed by atoms with Crippen LogP contribution in [0.2, 0.25) is 0 Å². The molecule has 2 N–H and O–H groups in total. The molecule has 0 bridgehead atoms. The van der Waals surface area contributed by atoms with Gasteiger partial charge in [-0.05, 0) is 44.2 Å². The first kappa shape index (κ1) is 17.9. The number of benzene rings is 1. The summed E-state index contributed by atoms with van der Waals surface area (Å²) in [6.07, 6.45) is 5.09. The molecule has 0 spiro atoms. The summed E-state index contributed by atoms with van der Waals surface area (Å²) < 4.78 is 0. The van der Waals surface area contributed by atoms with Crippen LogP contribution >= 0.6 is 0 Å². The van der Waals surface area contributed by atoms with Gasteiger partial charge < -0.3 is 15.5 Å². The highest BCUT2D eigenvalue weighted by atomic mass is 16.2. The summed E-state index contributed by atoms with van der Waals surface area (Å²) in [6, 6.07) is 10.4. The Hall–Kier alpha value is -1.88. The quantitative estimate of drug-likeness (QED) is 0.856. The van der Waals surface area contributed by atoms with E-state index < -0.39 is 0 Å². The second-order valence-corrected chi connectivity index (χ2v) is 7.19. The summed E-state index contributed by atoms with van der Waals surface area (Å²) in [6.45, 7) is 3.33. The molecule has 0 aromatic heterocycles. The van der Waals surface area contributed by atoms with E-state index in [1.54, 1.807) is 0 Å². The number of amides is 2. The normalized spacial score (nSPS) is 21.8. The Bertz CT molecular complexity index is 562. The molecular weight excluding hydrogens is 314 g/mol. The predicted octanol–water partition coefficient (Wildman–Crippen LogP) is 1.73. The molecule has 25 heavy (non-hydrogen) atoms. The molecule has 5 nitrogen and oxygen atoms in total. The number of hydrogen-bond acceptors (Lipinski definition) is 3. The van der Waals surface area contributed by atoms with E-state index in [-0.39, 0.29) is 23.8 Å². The Morgan fingerprint density at radius 1 is 1.12 bits per heavy atom. The fraction of sp³-hybridized carbons (Fsp3) is 0.600. The smallest absolute Gasteiger partial charge is 0.223 e. The van der Waals surface area contributed by atoms with E-state index >= 15 is 0 Å². The predicted molar refractivity (Wildman–Crippen MR) is 98.1 cm³/mol. The summed E-state index contributed by atoms with van der Waals surface area (Å²) >= 11 is 0. The lowest BCUT2D eigenvalue weighted by Crippen LogP contribution is -2.49. The van der Waals surface area contributed by atoms with E-state index in [1.165, 1.54) is 5.56 Å². The number of nitrogens with zero attached hydrogens (tertiary/aromatic N) is 1. The Kier molecular flexibility index (Phi) is 6.45. The summed E-state index contributed by atoms with van der Waals surface area (Å²) in [5, 5.41) is 6.50. The molecule has 1 aromatic rings. The Morgan fingerprint density at radius 3 is 2.56 bits per heavy atom. The van der Waals surface area contributed by atoms with E-state index in [0.717, 1.165) is 45.2 Å². The summed E-state index contributed by atoms with van der Waals surface area (Å²) in [4.78, 5) is 26.7. The lowest BCUT2D eigenvalue weighted by Gasteiger charge is -2.33. The van der Waals surface area contributed by atoms with E-state index in [9.17, 15) is 9.59 Å². The molecular formula is C20H29N3O2. The Balaban J connectivity index is 1.38. The van der Waals surface area contributed by atoms with Gasteiger partial charge in [0.05, 0.1) is 0 Å². The molecule has 2 saturated heterocycles. The third-order valence-corrected chi connectivity index (χ3v) is 5.33. The minimum Gasteiger partial charge on any atom is -0.352 e. The van der Waals surface area contributed by atoms with Crippen molar-refractivity contribution in [2.45, 2.75) is 44.6 Å². The molecule has 5 heteroatoms. The van der Waals surface area contributed by atoms with Crippen molar-refractivity contribution < 1.29 is 9.59 Å². The second kappa shape index (κ2) is 8.99. The van der Waals surface area contributed by atoms with Crippen LogP contribution < -0.4 is 10.6 Å². The van der Waals surface area contributed by atoms with Crippen LogP contribution in [-0.2, 0) is 16.0 Å². The van der Waals surface area contributed by atoms with Crippen molar-refractivity contribution in [3.8, 4) is 0 Å². The monoisotopic (exact) mass is 343 g/mol. The van der Waals surface area contributed by atoms with Gasteiger partial charge in [0.25, 0.3) is 0 Å². The largest absolute Gasteiger partial charge is 0.352 e. The zero-order chi connectivity index (χ0) is 17.5. The average Bonchev–Trinajstić information content (AvgIpc) is 2.68. The standard InChI is InChI=1S/C20H29N3O2/c24-19(9-8-16-5-2-1-3-6-16)23-13-10-17(11-14-23)20(25)22-18-7-4-12-21-15-18/h1-3,5-6,17-18,21H,4,7-15H2,(H,22,25). The number of carbonyl (C=O) groups is 2. The van der Waals surface area contributed by atoms with Gasteiger partial charge in [-0.15, -0.1) is 0 Å². The number of aryl methyl sites for hydroxylation is 1. The zero-order valence-corrected chi connectivity index (χ0v) is 14.9. The van der Waals surface area contributed by atoms with Gasteiger partial charge in [-0.2, -0.15) is 0 Å². The maximum absolute atomic E-state index is 12.4. The maximum atomic E-state index is 12.4. The van der Waals surface area contributed by atoms with Crippen molar-refractivity contribution in [3.63, 3.8) is 0 Å². The third-order valence-electron chi connectivity index (χ3n) is 5.33. The molecule has 2 heterocycles. The van der Waals surface area contributed by atoms with Crippen LogP contribution in [0.3, 0.4) is 0 Å². The van der Waals surface area contributed by atoms with Crippen molar-refractivity contribution in [2.75, 3.05) is 26.2 Å². The lowest BCUT2D eigenvalue weighted by atomic mass is 9.94. The van der Waals surface area contributed by atoms with E-state index in [4.69, 9.17) is 0 Å². The van der Waals surface area contributed by atoms with Crippen molar-refractivity contribution in [2.24, 2.45) is 5.92 Å². The maximum Gasteiger partial charge on any atom is 0.223 e. The molecule has 3 rings (SSSR count). The molecule has 2 fully saturated rings. The summed E-state index contributed by atoms with van der Waals surface area (Å²) in [7, 11) is 0. The number of rotatable bonds is 5. The van der Waals surface area contributed by atoms with Crippen LogP contribution in [0, 0.1) is 5.92 Å². The fourth-order valence-corrected chi connectivity index (χ4v) is 3.74. The topological polar surface area (TPSA) is 61.4 Å². The molecule has 1 unspecified atom stereocenters. The Morgan fingerprint density at radius 2 is 1.88 bits per heavy atom.